The highest BCUT2D eigenvalue weighted by Crippen LogP contribution is 2.37. The molecule has 18 heavy (non-hydrogen) atoms. The molecule has 0 aromatic carbocycles. The number of piperidine rings is 1. The minimum absolute atomic E-state index is 0.0475. The van der Waals surface area contributed by atoms with Gasteiger partial charge in [-0.05, 0) is 25.8 Å². The summed E-state index contributed by atoms with van der Waals surface area (Å²) in [5, 5.41) is 7.15. The number of aryl methyl sites for hydroxylation is 1. The molecule has 1 aromatic rings. The van der Waals surface area contributed by atoms with Gasteiger partial charge < -0.3 is 5.32 Å². The lowest BCUT2D eigenvalue weighted by Crippen LogP contribution is -2.39. The topological polar surface area (TPSA) is 42.7 Å². The molecule has 4 nitrogen and oxygen atoms in total. The first-order chi connectivity index (χ1) is 8.52. The van der Waals surface area contributed by atoms with Crippen molar-refractivity contribution in [2.75, 3.05) is 6.54 Å². The van der Waals surface area contributed by atoms with Gasteiger partial charge in [0.05, 0.1) is 12.0 Å². The van der Waals surface area contributed by atoms with Crippen LogP contribution in [-0.4, -0.2) is 27.5 Å². The summed E-state index contributed by atoms with van der Waals surface area (Å²) in [6, 6.07) is -0.348. The second-order valence-corrected chi connectivity index (χ2v) is 4.61. The Morgan fingerprint density at radius 3 is 2.94 bits per heavy atom. The van der Waals surface area contributed by atoms with Crippen molar-refractivity contribution in [1.82, 2.24) is 20.1 Å². The van der Waals surface area contributed by atoms with E-state index in [1.165, 1.54) is 6.33 Å². The summed E-state index contributed by atoms with van der Waals surface area (Å²) >= 11 is 0. The largest absolute Gasteiger partial charge is 0.391 e. The minimum Gasteiger partial charge on any atom is -0.307 e. The van der Waals surface area contributed by atoms with Crippen molar-refractivity contribution in [1.29, 1.82) is 0 Å². The van der Waals surface area contributed by atoms with Crippen molar-refractivity contribution in [3.63, 3.8) is 0 Å². The van der Waals surface area contributed by atoms with Gasteiger partial charge >= 0.3 is 6.18 Å². The number of rotatable bonds is 3. The molecule has 2 unspecified atom stereocenters. The van der Waals surface area contributed by atoms with E-state index in [1.54, 1.807) is 4.68 Å². The Kier molecular flexibility index (Phi) is 3.89. The molecule has 1 N–H and O–H groups in total. The second kappa shape index (κ2) is 5.26. The number of hydrogen-bond donors (Lipinski definition) is 1. The highest BCUT2D eigenvalue weighted by Gasteiger charge is 2.43. The monoisotopic (exact) mass is 262 g/mol. The fraction of sp³-hybridized carbons (Fsp3) is 0.818. The number of hydrogen-bond acceptors (Lipinski definition) is 3. The van der Waals surface area contributed by atoms with Gasteiger partial charge in [-0.2, -0.15) is 18.3 Å². The van der Waals surface area contributed by atoms with E-state index in [0.29, 0.717) is 18.9 Å². The number of nitrogens with zero attached hydrogens (tertiary/aromatic N) is 3. The normalized spacial score (nSPS) is 25.3. The van der Waals surface area contributed by atoms with E-state index in [0.717, 1.165) is 6.42 Å². The SMILES string of the molecule is CCCn1ncnc1C1CC(C(F)(F)F)CCN1. The zero-order valence-corrected chi connectivity index (χ0v) is 10.2. The van der Waals surface area contributed by atoms with Gasteiger partial charge in [-0.1, -0.05) is 6.92 Å². The summed E-state index contributed by atoms with van der Waals surface area (Å²) in [6.45, 7) is 3.05. The third-order valence-corrected chi connectivity index (χ3v) is 3.26. The molecule has 1 saturated heterocycles. The lowest BCUT2D eigenvalue weighted by atomic mass is 9.91. The van der Waals surface area contributed by atoms with Crippen LogP contribution in [0, 0.1) is 5.92 Å². The summed E-state index contributed by atoms with van der Waals surface area (Å²) in [4.78, 5) is 4.10. The minimum atomic E-state index is -4.12. The molecule has 102 valence electrons. The predicted octanol–water partition coefficient (Wildman–Crippen LogP) is 2.29. The average molecular weight is 262 g/mol. The van der Waals surface area contributed by atoms with Crippen LogP contribution in [0.3, 0.4) is 0 Å². The molecule has 0 radical (unpaired) electrons. The van der Waals surface area contributed by atoms with Gasteiger partial charge in [0.2, 0.25) is 0 Å². The molecule has 2 heterocycles. The van der Waals surface area contributed by atoms with Crippen molar-refractivity contribution in [3.8, 4) is 0 Å². The Hall–Kier alpha value is -1.11. The van der Waals surface area contributed by atoms with E-state index in [1.807, 2.05) is 6.92 Å². The lowest BCUT2D eigenvalue weighted by molar-refractivity contribution is -0.183. The molecule has 1 aromatic heterocycles. The van der Waals surface area contributed by atoms with Crippen molar-refractivity contribution in [2.45, 2.75) is 44.9 Å². The molecular weight excluding hydrogens is 245 g/mol. The highest BCUT2D eigenvalue weighted by molar-refractivity contribution is 4.98. The van der Waals surface area contributed by atoms with Crippen molar-refractivity contribution in [2.24, 2.45) is 5.92 Å². The Morgan fingerprint density at radius 1 is 1.50 bits per heavy atom. The number of aromatic nitrogens is 3. The van der Waals surface area contributed by atoms with E-state index >= 15 is 0 Å². The van der Waals surface area contributed by atoms with Gasteiger partial charge in [0.1, 0.15) is 12.2 Å². The maximum atomic E-state index is 12.7. The Bertz CT molecular complexity index is 388. The average Bonchev–Trinajstić information content (AvgIpc) is 2.77. The molecule has 0 spiro atoms. The van der Waals surface area contributed by atoms with Crippen LogP contribution in [0.4, 0.5) is 13.2 Å². The highest BCUT2D eigenvalue weighted by atomic mass is 19.4. The quantitative estimate of drug-likeness (QED) is 0.908. The molecule has 0 saturated carbocycles. The van der Waals surface area contributed by atoms with E-state index in [2.05, 4.69) is 15.4 Å². The first kappa shape index (κ1) is 13.3. The molecule has 0 amide bonds. The van der Waals surface area contributed by atoms with Gasteiger partial charge in [-0.15, -0.1) is 0 Å². The fourth-order valence-corrected chi connectivity index (χ4v) is 2.34. The molecule has 1 aliphatic rings. The van der Waals surface area contributed by atoms with Crippen LogP contribution in [0.1, 0.15) is 38.1 Å². The van der Waals surface area contributed by atoms with Crippen molar-refractivity contribution >= 4 is 0 Å². The van der Waals surface area contributed by atoms with Crippen molar-refractivity contribution < 1.29 is 13.2 Å². The first-order valence-electron chi connectivity index (χ1n) is 6.20. The standard InChI is InChI=1S/C11H17F3N4/c1-2-5-18-10(16-7-17-18)9-6-8(3-4-15-9)11(12,13)14/h7-9,15H,2-6H2,1H3. The number of nitrogens with one attached hydrogen (secondary N) is 1. The number of alkyl halides is 3. The van der Waals surface area contributed by atoms with Crippen LogP contribution in [0.25, 0.3) is 0 Å². The first-order valence-corrected chi connectivity index (χ1v) is 6.20. The molecule has 0 bridgehead atoms. The zero-order valence-electron chi connectivity index (χ0n) is 10.2. The van der Waals surface area contributed by atoms with Gasteiger partial charge in [0.25, 0.3) is 0 Å². The predicted molar refractivity (Wildman–Crippen MR) is 59.8 cm³/mol. The Balaban J connectivity index is 2.11. The van der Waals surface area contributed by atoms with E-state index in [9.17, 15) is 13.2 Å². The lowest BCUT2D eigenvalue weighted by Gasteiger charge is -2.31. The molecule has 7 heteroatoms. The summed E-state index contributed by atoms with van der Waals surface area (Å²) in [7, 11) is 0. The molecule has 1 fully saturated rings. The number of halogens is 3. The van der Waals surface area contributed by atoms with Crippen LogP contribution >= 0.6 is 0 Å². The Labute approximate surface area is 104 Å². The maximum absolute atomic E-state index is 12.7. The van der Waals surface area contributed by atoms with Crippen molar-refractivity contribution in [3.05, 3.63) is 12.2 Å². The molecule has 2 atom stereocenters. The molecule has 2 rings (SSSR count). The van der Waals surface area contributed by atoms with Gasteiger partial charge in [-0.25, -0.2) is 9.67 Å². The van der Waals surface area contributed by atoms with Gasteiger partial charge in [-0.3, -0.25) is 0 Å². The van der Waals surface area contributed by atoms with E-state index in [4.69, 9.17) is 0 Å². The molecule has 1 aliphatic heterocycles. The Morgan fingerprint density at radius 2 is 2.28 bits per heavy atom. The summed E-state index contributed by atoms with van der Waals surface area (Å²) in [5.41, 5.74) is 0. The van der Waals surface area contributed by atoms with Crippen LogP contribution < -0.4 is 5.32 Å². The van der Waals surface area contributed by atoms with Crippen LogP contribution in [0.15, 0.2) is 6.33 Å². The van der Waals surface area contributed by atoms with E-state index in [-0.39, 0.29) is 18.9 Å². The zero-order chi connectivity index (χ0) is 13.2. The fourth-order valence-electron chi connectivity index (χ4n) is 2.34. The molecule has 0 aliphatic carbocycles. The summed E-state index contributed by atoms with van der Waals surface area (Å²) in [6.07, 6.45) is -1.64. The van der Waals surface area contributed by atoms with Crippen LogP contribution in [0.5, 0.6) is 0 Å². The third-order valence-electron chi connectivity index (χ3n) is 3.26. The van der Waals surface area contributed by atoms with Crippen LogP contribution in [0.2, 0.25) is 0 Å². The smallest absolute Gasteiger partial charge is 0.307 e. The third kappa shape index (κ3) is 2.82. The summed E-state index contributed by atoms with van der Waals surface area (Å²) in [5.74, 6) is -0.624. The molecular formula is C11H17F3N4. The van der Waals surface area contributed by atoms with Gasteiger partial charge in [0, 0.05) is 6.54 Å². The van der Waals surface area contributed by atoms with Gasteiger partial charge in [0.15, 0.2) is 0 Å². The maximum Gasteiger partial charge on any atom is 0.391 e. The van der Waals surface area contributed by atoms with Crippen LogP contribution in [-0.2, 0) is 6.54 Å². The second-order valence-electron chi connectivity index (χ2n) is 4.61. The van der Waals surface area contributed by atoms with E-state index < -0.39 is 12.1 Å². The summed E-state index contributed by atoms with van der Waals surface area (Å²) < 4.78 is 39.9.